The molecule has 24 heavy (non-hydrogen) atoms. The Balaban J connectivity index is 1.84. The van der Waals surface area contributed by atoms with Crippen molar-refractivity contribution < 1.29 is 19.4 Å². The Morgan fingerprint density at radius 3 is 2.62 bits per heavy atom. The van der Waals surface area contributed by atoms with E-state index in [1.807, 2.05) is 0 Å². The van der Waals surface area contributed by atoms with Crippen LogP contribution in [-0.4, -0.2) is 37.2 Å². The van der Waals surface area contributed by atoms with Crippen molar-refractivity contribution >= 4 is 11.9 Å². The molecule has 2 rings (SSSR count). The summed E-state index contributed by atoms with van der Waals surface area (Å²) in [6.45, 7) is 1.41. The van der Waals surface area contributed by atoms with Gasteiger partial charge in [-0.05, 0) is 42.7 Å². The monoisotopic (exact) mass is 333 g/mol. The summed E-state index contributed by atoms with van der Waals surface area (Å²) in [6, 6.07) is 6.85. The first kappa shape index (κ1) is 18.5. The van der Waals surface area contributed by atoms with Crippen LogP contribution in [0, 0.1) is 5.41 Å². The number of benzene rings is 1. The number of ether oxygens (including phenoxy) is 1. The summed E-state index contributed by atoms with van der Waals surface area (Å²) in [4.78, 5) is 23.4. The minimum absolute atomic E-state index is 0.0149. The highest BCUT2D eigenvalue weighted by Gasteiger charge is 2.33. The first-order valence-electron chi connectivity index (χ1n) is 8.63. The van der Waals surface area contributed by atoms with Crippen LogP contribution in [0.15, 0.2) is 24.3 Å². The summed E-state index contributed by atoms with van der Waals surface area (Å²) in [5.41, 5.74) is 1.15. The minimum atomic E-state index is -0.949. The molecule has 1 aliphatic carbocycles. The van der Waals surface area contributed by atoms with E-state index in [4.69, 9.17) is 4.74 Å². The van der Waals surface area contributed by atoms with Gasteiger partial charge in [0, 0.05) is 26.7 Å². The number of amides is 1. The molecule has 132 valence electrons. The van der Waals surface area contributed by atoms with E-state index in [0.29, 0.717) is 24.9 Å². The minimum Gasteiger partial charge on any atom is -0.478 e. The first-order chi connectivity index (χ1) is 11.6. The molecular formula is C19H27NO4. The van der Waals surface area contributed by atoms with Gasteiger partial charge in [-0.2, -0.15) is 0 Å². The Hall–Kier alpha value is -1.88. The Labute approximate surface area is 143 Å². The van der Waals surface area contributed by atoms with Crippen LogP contribution in [0.25, 0.3) is 0 Å². The molecule has 0 radical (unpaired) electrons. The fraction of sp³-hybridized carbons (Fsp3) is 0.579. The number of carbonyl (C=O) groups excluding carboxylic acids is 1. The zero-order chi connectivity index (χ0) is 17.4. The largest absolute Gasteiger partial charge is 0.478 e. The second-order valence-corrected chi connectivity index (χ2v) is 6.69. The lowest BCUT2D eigenvalue weighted by molar-refractivity contribution is -0.121. The van der Waals surface area contributed by atoms with E-state index >= 15 is 0 Å². The zero-order valence-electron chi connectivity index (χ0n) is 14.3. The molecule has 5 heteroatoms. The maximum atomic E-state index is 12.2. The molecule has 0 aliphatic heterocycles. The van der Waals surface area contributed by atoms with E-state index in [-0.39, 0.29) is 16.9 Å². The number of aryl methyl sites for hydroxylation is 1. The van der Waals surface area contributed by atoms with Crippen LogP contribution >= 0.6 is 0 Å². The molecule has 1 aromatic carbocycles. The van der Waals surface area contributed by atoms with E-state index < -0.39 is 5.97 Å². The van der Waals surface area contributed by atoms with Crippen molar-refractivity contribution in [3.63, 3.8) is 0 Å². The summed E-state index contributed by atoms with van der Waals surface area (Å²) in [5.74, 6) is -0.964. The molecule has 0 heterocycles. The van der Waals surface area contributed by atoms with Gasteiger partial charge in [-0.25, -0.2) is 4.79 Å². The van der Waals surface area contributed by atoms with Gasteiger partial charge in [0.15, 0.2) is 0 Å². The number of aromatic carboxylic acids is 1. The smallest absolute Gasteiger partial charge is 0.335 e. The van der Waals surface area contributed by atoms with Crippen molar-refractivity contribution in [2.24, 2.45) is 5.41 Å². The first-order valence-corrected chi connectivity index (χ1v) is 8.63. The summed E-state index contributed by atoms with van der Waals surface area (Å²) < 4.78 is 5.21. The third-order valence-electron chi connectivity index (χ3n) is 5.03. The van der Waals surface area contributed by atoms with Crippen molar-refractivity contribution in [3.8, 4) is 0 Å². The Bertz CT molecular complexity index is 564. The predicted molar refractivity (Wildman–Crippen MR) is 92.1 cm³/mol. The highest BCUT2D eigenvalue weighted by Crippen LogP contribution is 2.40. The molecule has 0 unspecified atom stereocenters. The Morgan fingerprint density at radius 2 is 1.96 bits per heavy atom. The van der Waals surface area contributed by atoms with E-state index in [1.165, 1.54) is 12.8 Å². The number of hydrogen-bond acceptors (Lipinski definition) is 3. The molecule has 1 saturated carbocycles. The van der Waals surface area contributed by atoms with Crippen molar-refractivity contribution in [2.75, 3.05) is 20.3 Å². The molecule has 0 spiro atoms. The van der Waals surface area contributed by atoms with Gasteiger partial charge in [-0.1, -0.05) is 31.0 Å². The number of carboxylic acid groups (broad SMARTS) is 1. The molecule has 0 atom stereocenters. The maximum absolute atomic E-state index is 12.2. The van der Waals surface area contributed by atoms with Gasteiger partial charge in [-0.3, -0.25) is 4.79 Å². The van der Waals surface area contributed by atoms with Crippen LogP contribution in [0.5, 0.6) is 0 Å². The van der Waals surface area contributed by atoms with Gasteiger partial charge in [0.1, 0.15) is 0 Å². The van der Waals surface area contributed by atoms with Crippen LogP contribution in [-0.2, 0) is 16.0 Å². The Morgan fingerprint density at radius 1 is 1.25 bits per heavy atom. The lowest BCUT2D eigenvalue weighted by Gasteiger charge is -2.29. The van der Waals surface area contributed by atoms with Gasteiger partial charge in [0.25, 0.3) is 0 Å². The second kappa shape index (κ2) is 8.83. The molecule has 0 aromatic heterocycles. The standard InChI is InChI=1S/C19H27NO4/c1-24-13-12-19(10-4-5-11-19)14-20-17(21)9-8-15-6-2-3-7-16(15)18(22)23/h2-3,6-7H,4-5,8-14H2,1H3,(H,20,21)(H,22,23). The average molecular weight is 333 g/mol. The zero-order valence-corrected chi connectivity index (χ0v) is 14.3. The summed E-state index contributed by atoms with van der Waals surface area (Å²) in [7, 11) is 1.71. The molecule has 0 saturated heterocycles. The molecule has 5 nitrogen and oxygen atoms in total. The van der Waals surface area contributed by atoms with Crippen LogP contribution < -0.4 is 5.32 Å². The van der Waals surface area contributed by atoms with Crippen molar-refractivity contribution in [2.45, 2.75) is 44.9 Å². The fourth-order valence-corrected chi connectivity index (χ4v) is 3.53. The summed E-state index contributed by atoms with van der Waals surface area (Å²) in [5, 5.41) is 12.2. The van der Waals surface area contributed by atoms with Crippen molar-refractivity contribution in [3.05, 3.63) is 35.4 Å². The van der Waals surface area contributed by atoms with Crippen LogP contribution in [0.3, 0.4) is 0 Å². The normalized spacial score (nSPS) is 16.0. The van der Waals surface area contributed by atoms with Gasteiger partial charge in [0.2, 0.25) is 5.91 Å². The van der Waals surface area contributed by atoms with E-state index in [2.05, 4.69) is 5.32 Å². The van der Waals surface area contributed by atoms with E-state index in [1.54, 1.807) is 31.4 Å². The summed E-state index contributed by atoms with van der Waals surface area (Å²) in [6.07, 6.45) is 6.43. The number of carboxylic acids is 1. The number of hydrogen-bond donors (Lipinski definition) is 2. The number of rotatable bonds is 9. The quantitative estimate of drug-likeness (QED) is 0.728. The molecule has 1 aromatic rings. The Kier molecular flexibility index (Phi) is 6.79. The third-order valence-corrected chi connectivity index (χ3v) is 5.03. The lowest BCUT2D eigenvalue weighted by Crippen LogP contribution is -2.36. The molecule has 1 fully saturated rings. The van der Waals surface area contributed by atoms with Crippen molar-refractivity contribution in [1.29, 1.82) is 0 Å². The van der Waals surface area contributed by atoms with Crippen molar-refractivity contribution in [1.82, 2.24) is 5.32 Å². The molecule has 1 amide bonds. The topological polar surface area (TPSA) is 75.6 Å². The van der Waals surface area contributed by atoms with E-state index in [9.17, 15) is 14.7 Å². The SMILES string of the molecule is COCCC1(CNC(=O)CCc2ccccc2C(=O)O)CCCC1. The van der Waals surface area contributed by atoms with Crippen LogP contribution in [0.2, 0.25) is 0 Å². The number of methoxy groups -OCH3 is 1. The van der Waals surface area contributed by atoms with Crippen LogP contribution in [0.1, 0.15) is 54.4 Å². The number of carbonyl (C=O) groups is 2. The van der Waals surface area contributed by atoms with Gasteiger partial charge < -0.3 is 15.2 Å². The van der Waals surface area contributed by atoms with Gasteiger partial charge in [0.05, 0.1) is 5.56 Å². The lowest BCUT2D eigenvalue weighted by atomic mass is 9.83. The maximum Gasteiger partial charge on any atom is 0.335 e. The molecule has 1 aliphatic rings. The third kappa shape index (κ3) is 5.06. The molecule has 0 bridgehead atoms. The fourth-order valence-electron chi connectivity index (χ4n) is 3.53. The summed E-state index contributed by atoms with van der Waals surface area (Å²) >= 11 is 0. The highest BCUT2D eigenvalue weighted by atomic mass is 16.5. The highest BCUT2D eigenvalue weighted by molar-refractivity contribution is 5.89. The molecular weight excluding hydrogens is 306 g/mol. The molecule has 2 N–H and O–H groups in total. The van der Waals surface area contributed by atoms with E-state index in [0.717, 1.165) is 25.9 Å². The average Bonchev–Trinajstić information content (AvgIpc) is 3.06. The van der Waals surface area contributed by atoms with Gasteiger partial charge >= 0.3 is 5.97 Å². The predicted octanol–water partition coefficient (Wildman–Crippen LogP) is 3.03. The number of nitrogens with one attached hydrogen (secondary N) is 1. The second-order valence-electron chi connectivity index (χ2n) is 6.69. The van der Waals surface area contributed by atoms with Crippen LogP contribution in [0.4, 0.5) is 0 Å². The van der Waals surface area contributed by atoms with Gasteiger partial charge in [-0.15, -0.1) is 0 Å².